The van der Waals surface area contributed by atoms with Crippen molar-refractivity contribution in [2.75, 3.05) is 5.75 Å². The second-order valence-electron chi connectivity index (χ2n) is 6.24. The Labute approximate surface area is 140 Å². The summed E-state index contributed by atoms with van der Waals surface area (Å²) in [6, 6.07) is 4.93. The van der Waals surface area contributed by atoms with Crippen LogP contribution in [-0.4, -0.2) is 34.7 Å². The number of sulfone groups is 1. The highest BCUT2D eigenvalue weighted by molar-refractivity contribution is 7.91. The van der Waals surface area contributed by atoms with E-state index in [1.54, 1.807) is 20.8 Å². The zero-order chi connectivity index (χ0) is 17.3. The summed E-state index contributed by atoms with van der Waals surface area (Å²) in [5.74, 6) is -0.603. The van der Waals surface area contributed by atoms with E-state index in [1.807, 2.05) is 0 Å². The maximum atomic E-state index is 12.7. The molecule has 0 bridgehead atoms. The first-order valence-electron chi connectivity index (χ1n) is 6.98. The number of hydrogen-bond acceptors (Lipinski definition) is 5. The Hall–Kier alpha value is -1.73. The molecule has 1 heterocycles. The van der Waals surface area contributed by atoms with Gasteiger partial charge in [0.15, 0.2) is 15.6 Å². The van der Waals surface area contributed by atoms with Gasteiger partial charge in [-0.25, -0.2) is 18.1 Å². The fourth-order valence-corrected chi connectivity index (χ4v) is 3.69. The molecule has 0 aliphatic rings. The van der Waals surface area contributed by atoms with Gasteiger partial charge in [0.25, 0.3) is 0 Å². The lowest BCUT2D eigenvalue weighted by atomic mass is 9.87. The van der Waals surface area contributed by atoms with Crippen LogP contribution < -0.4 is 0 Å². The Morgan fingerprint density at radius 2 is 1.87 bits per heavy atom. The van der Waals surface area contributed by atoms with E-state index in [0.29, 0.717) is 5.02 Å². The lowest BCUT2D eigenvalue weighted by Gasteiger charge is -2.24. The van der Waals surface area contributed by atoms with Crippen molar-refractivity contribution in [3.05, 3.63) is 41.9 Å². The molecule has 0 aliphatic heterocycles. The van der Waals surface area contributed by atoms with Crippen LogP contribution in [0.15, 0.2) is 41.8 Å². The van der Waals surface area contributed by atoms with Crippen molar-refractivity contribution >= 4 is 27.2 Å². The summed E-state index contributed by atoms with van der Waals surface area (Å²) in [5.41, 5.74) is -0.702. The Morgan fingerprint density at radius 3 is 2.35 bits per heavy atom. The van der Waals surface area contributed by atoms with E-state index in [2.05, 4.69) is 10.1 Å². The number of rotatable bonds is 5. The molecule has 1 aromatic carbocycles. The second-order valence-corrected chi connectivity index (χ2v) is 8.71. The zero-order valence-corrected chi connectivity index (χ0v) is 14.7. The smallest absolute Gasteiger partial charge is 0.180 e. The number of aromatic nitrogens is 3. The van der Waals surface area contributed by atoms with Gasteiger partial charge in [-0.2, -0.15) is 5.10 Å². The molecule has 124 valence electrons. The standard InChI is InChI=1S/C15H18ClN3O3S/c1-15(2,3)14(20)13(19-10-17-9-18-19)8-23(21,22)12-6-4-11(16)5-7-12/h4-7,9-10,13H,8H2,1-3H3. The van der Waals surface area contributed by atoms with Crippen molar-refractivity contribution in [3.8, 4) is 0 Å². The molecule has 1 aromatic heterocycles. The lowest BCUT2D eigenvalue weighted by molar-refractivity contribution is -0.129. The highest BCUT2D eigenvalue weighted by Gasteiger charge is 2.35. The maximum Gasteiger partial charge on any atom is 0.180 e. The van der Waals surface area contributed by atoms with Crippen LogP contribution >= 0.6 is 11.6 Å². The number of carbonyl (C=O) groups excluding carboxylic acids is 1. The fraction of sp³-hybridized carbons (Fsp3) is 0.400. The van der Waals surface area contributed by atoms with Crippen molar-refractivity contribution in [1.29, 1.82) is 0 Å². The van der Waals surface area contributed by atoms with Crippen LogP contribution in [0.2, 0.25) is 5.02 Å². The second kappa shape index (κ2) is 6.41. The Balaban J connectivity index is 2.38. The monoisotopic (exact) mass is 355 g/mol. The number of Topliss-reactive ketones (excluding diaryl/α,β-unsaturated/α-hetero) is 1. The van der Waals surface area contributed by atoms with Gasteiger partial charge in [-0.1, -0.05) is 32.4 Å². The number of ketones is 1. The van der Waals surface area contributed by atoms with E-state index in [0.717, 1.165) is 0 Å². The third-order valence-corrected chi connectivity index (χ3v) is 5.34. The van der Waals surface area contributed by atoms with Crippen LogP contribution in [0.4, 0.5) is 0 Å². The van der Waals surface area contributed by atoms with Gasteiger partial charge in [-0.15, -0.1) is 0 Å². The fourth-order valence-electron chi connectivity index (χ4n) is 2.10. The molecule has 0 N–H and O–H groups in total. The SMILES string of the molecule is CC(C)(C)C(=O)C(CS(=O)(=O)c1ccc(Cl)cc1)n1cncn1. The Bertz CT molecular complexity index is 778. The molecule has 0 radical (unpaired) electrons. The molecule has 0 spiro atoms. The van der Waals surface area contributed by atoms with Crippen LogP contribution in [0, 0.1) is 5.41 Å². The van der Waals surface area contributed by atoms with Gasteiger partial charge in [-0.05, 0) is 24.3 Å². The van der Waals surface area contributed by atoms with Crippen molar-refractivity contribution in [3.63, 3.8) is 0 Å². The molecule has 0 saturated carbocycles. The highest BCUT2D eigenvalue weighted by atomic mass is 35.5. The van der Waals surface area contributed by atoms with E-state index in [-0.39, 0.29) is 16.4 Å². The number of benzene rings is 1. The molecule has 0 saturated heterocycles. The van der Waals surface area contributed by atoms with Crippen LogP contribution in [0.5, 0.6) is 0 Å². The van der Waals surface area contributed by atoms with Crippen LogP contribution in [-0.2, 0) is 14.6 Å². The molecule has 0 aliphatic carbocycles. The molecule has 2 rings (SSSR count). The van der Waals surface area contributed by atoms with Gasteiger partial charge >= 0.3 is 0 Å². The van der Waals surface area contributed by atoms with Crippen LogP contribution in [0.3, 0.4) is 0 Å². The van der Waals surface area contributed by atoms with Gasteiger partial charge in [0.05, 0.1) is 10.6 Å². The Kier molecular flexibility index (Phi) is 4.91. The van der Waals surface area contributed by atoms with Gasteiger partial charge in [0.2, 0.25) is 0 Å². The van der Waals surface area contributed by atoms with E-state index in [1.165, 1.54) is 41.6 Å². The third-order valence-electron chi connectivity index (χ3n) is 3.35. The molecule has 23 heavy (non-hydrogen) atoms. The number of hydrogen-bond donors (Lipinski definition) is 0. The minimum Gasteiger partial charge on any atom is -0.297 e. The number of halogens is 1. The summed E-state index contributed by atoms with van der Waals surface area (Å²) in [4.78, 5) is 16.6. The molecule has 1 unspecified atom stereocenters. The number of carbonyl (C=O) groups is 1. The van der Waals surface area contributed by atoms with Crippen molar-refractivity contribution < 1.29 is 13.2 Å². The maximum absolute atomic E-state index is 12.7. The van der Waals surface area contributed by atoms with E-state index in [4.69, 9.17) is 11.6 Å². The summed E-state index contributed by atoms with van der Waals surface area (Å²) in [7, 11) is -3.68. The molecule has 0 fully saturated rings. The van der Waals surface area contributed by atoms with Gasteiger partial charge < -0.3 is 0 Å². The average molecular weight is 356 g/mol. The van der Waals surface area contributed by atoms with Gasteiger partial charge in [-0.3, -0.25) is 4.79 Å². The number of nitrogens with zero attached hydrogens (tertiary/aromatic N) is 3. The molecular weight excluding hydrogens is 338 g/mol. The summed E-state index contributed by atoms with van der Waals surface area (Å²) in [6.45, 7) is 5.23. The first-order valence-corrected chi connectivity index (χ1v) is 9.01. The minimum atomic E-state index is -3.68. The van der Waals surface area contributed by atoms with E-state index in [9.17, 15) is 13.2 Å². The van der Waals surface area contributed by atoms with Gasteiger partial charge in [0, 0.05) is 10.4 Å². The summed E-state index contributed by atoms with van der Waals surface area (Å²) < 4.78 is 26.5. The molecule has 1 atom stereocenters. The van der Waals surface area contributed by atoms with E-state index < -0.39 is 21.3 Å². The first-order chi connectivity index (χ1) is 10.6. The van der Waals surface area contributed by atoms with E-state index >= 15 is 0 Å². The highest BCUT2D eigenvalue weighted by Crippen LogP contribution is 2.26. The van der Waals surface area contributed by atoms with Crippen molar-refractivity contribution in [1.82, 2.24) is 14.8 Å². The Morgan fingerprint density at radius 1 is 1.26 bits per heavy atom. The predicted molar refractivity (Wildman–Crippen MR) is 87.0 cm³/mol. The van der Waals surface area contributed by atoms with Crippen molar-refractivity contribution in [2.24, 2.45) is 5.41 Å². The summed E-state index contributed by atoms with van der Waals surface area (Å²) in [6.07, 6.45) is 2.63. The van der Waals surface area contributed by atoms with Crippen LogP contribution in [0.25, 0.3) is 0 Å². The topological polar surface area (TPSA) is 81.9 Å². The van der Waals surface area contributed by atoms with Crippen LogP contribution in [0.1, 0.15) is 26.8 Å². The lowest BCUT2D eigenvalue weighted by Crippen LogP contribution is -2.35. The van der Waals surface area contributed by atoms with Crippen molar-refractivity contribution in [2.45, 2.75) is 31.7 Å². The zero-order valence-electron chi connectivity index (χ0n) is 13.1. The quantitative estimate of drug-likeness (QED) is 0.823. The normalized spacial score (nSPS) is 13.7. The third kappa shape index (κ3) is 4.17. The molecule has 8 heteroatoms. The summed E-state index contributed by atoms with van der Waals surface area (Å²) >= 11 is 5.79. The molecular formula is C15H18ClN3O3S. The molecule has 6 nitrogen and oxygen atoms in total. The first kappa shape index (κ1) is 17.6. The van der Waals surface area contributed by atoms with Gasteiger partial charge in [0.1, 0.15) is 18.7 Å². The molecule has 2 aromatic rings. The summed E-state index contributed by atoms with van der Waals surface area (Å²) in [5, 5.41) is 4.39. The predicted octanol–water partition coefficient (Wildman–Crippen LogP) is 2.56. The minimum absolute atomic E-state index is 0.119. The average Bonchev–Trinajstić information content (AvgIpc) is 2.97. The molecule has 0 amide bonds. The largest absolute Gasteiger partial charge is 0.297 e.